The average molecular weight is 674 g/mol. The summed E-state index contributed by atoms with van der Waals surface area (Å²) in [6.07, 6.45) is -4.54. The largest absolute Gasteiger partial charge is 0.490 e. The first-order valence-electron chi connectivity index (χ1n) is 14.1. The SMILES string of the molecule is CC(=O)N[C@@H](Cc1ccccc1)C(=O)N[C@H](Cc1ccc(C2CC(=O)NS2(=O)=O)cc1)c1nc2ccccc2[nH]1.O=C(O)C(F)(F)F. The maximum Gasteiger partial charge on any atom is 0.490 e. The lowest BCUT2D eigenvalue weighted by Gasteiger charge is -2.23. The van der Waals surface area contributed by atoms with Crippen molar-refractivity contribution in [3.63, 3.8) is 0 Å². The number of imidazole rings is 1. The smallest absolute Gasteiger partial charge is 0.475 e. The van der Waals surface area contributed by atoms with Gasteiger partial charge in [-0.15, -0.1) is 0 Å². The molecule has 1 unspecified atom stereocenters. The van der Waals surface area contributed by atoms with Gasteiger partial charge in [-0.2, -0.15) is 13.2 Å². The minimum Gasteiger partial charge on any atom is -0.475 e. The van der Waals surface area contributed by atoms with Crippen LogP contribution < -0.4 is 15.4 Å². The molecule has 1 fully saturated rings. The van der Waals surface area contributed by atoms with Crippen LogP contribution in [0.4, 0.5) is 13.2 Å². The van der Waals surface area contributed by atoms with Crippen molar-refractivity contribution in [1.29, 1.82) is 0 Å². The molecular formula is C31H30F3N5O7S. The fraction of sp³-hybridized carbons (Fsp3) is 0.258. The highest BCUT2D eigenvalue weighted by Gasteiger charge is 2.39. The van der Waals surface area contributed by atoms with Gasteiger partial charge in [-0.1, -0.05) is 66.7 Å². The lowest BCUT2D eigenvalue weighted by atomic mass is 10.0. The Hall–Kier alpha value is -5.25. The van der Waals surface area contributed by atoms with E-state index in [-0.39, 0.29) is 18.2 Å². The zero-order valence-corrected chi connectivity index (χ0v) is 25.6. The van der Waals surface area contributed by atoms with E-state index in [4.69, 9.17) is 14.9 Å². The highest BCUT2D eigenvalue weighted by Crippen LogP contribution is 2.30. The zero-order valence-electron chi connectivity index (χ0n) is 24.7. The van der Waals surface area contributed by atoms with Gasteiger partial charge in [0.25, 0.3) is 0 Å². The lowest BCUT2D eigenvalue weighted by Crippen LogP contribution is -2.48. The molecule has 1 aliphatic rings. The molecule has 0 spiro atoms. The molecule has 5 N–H and O–H groups in total. The van der Waals surface area contributed by atoms with E-state index in [1.165, 1.54) is 6.92 Å². The summed E-state index contributed by atoms with van der Waals surface area (Å²) in [6.45, 7) is 1.37. The summed E-state index contributed by atoms with van der Waals surface area (Å²) >= 11 is 0. The third-order valence-electron chi connectivity index (χ3n) is 7.07. The molecule has 5 rings (SSSR count). The van der Waals surface area contributed by atoms with Crippen molar-refractivity contribution in [1.82, 2.24) is 25.3 Å². The molecular weight excluding hydrogens is 643 g/mol. The van der Waals surface area contributed by atoms with Crippen LogP contribution in [-0.2, 0) is 42.0 Å². The summed E-state index contributed by atoms with van der Waals surface area (Å²) in [5.74, 6) is -3.41. The molecule has 3 aromatic carbocycles. The van der Waals surface area contributed by atoms with Gasteiger partial charge in [0.2, 0.25) is 27.7 Å². The van der Waals surface area contributed by atoms with E-state index in [0.717, 1.165) is 22.2 Å². The second kappa shape index (κ2) is 14.5. The number of aliphatic carboxylic acids is 1. The summed E-state index contributed by atoms with van der Waals surface area (Å²) in [4.78, 5) is 54.0. The first-order chi connectivity index (χ1) is 22.1. The number of alkyl halides is 3. The Morgan fingerprint density at radius 3 is 2.09 bits per heavy atom. The van der Waals surface area contributed by atoms with Gasteiger partial charge in [-0.25, -0.2) is 18.2 Å². The molecule has 2 heterocycles. The Kier molecular flexibility index (Phi) is 10.6. The van der Waals surface area contributed by atoms with Gasteiger partial charge >= 0.3 is 12.1 Å². The number of nitrogens with one attached hydrogen (secondary N) is 4. The summed E-state index contributed by atoms with van der Waals surface area (Å²) in [7, 11) is -3.75. The number of hydrogen-bond acceptors (Lipinski definition) is 7. The van der Waals surface area contributed by atoms with Gasteiger partial charge in [-0.3, -0.25) is 19.1 Å². The Balaban J connectivity index is 0.000000644. The van der Waals surface area contributed by atoms with Crippen LogP contribution in [0.1, 0.15) is 47.2 Å². The number of carbonyl (C=O) groups excluding carboxylic acids is 3. The molecule has 0 saturated carbocycles. The van der Waals surface area contributed by atoms with Gasteiger partial charge in [0.05, 0.1) is 23.5 Å². The number of aromatic nitrogens is 2. The van der Waals surface area contributed by atoms with E-state index in [1.807, 2.05) is 59.3 Å². The third-order valence-corrected chi connectivity index (χ3v) is 8.77. The molecule has 4 aromatic rings. The number of aromatic amines is 1. The number of fused-ring (bicyclic) bond motifs is 1. The van der Waals surface area contributed by atoms with E-state index >= 15 is 0 Å². The third kappa shape index (κ3) is 9.38. The first-order valence-corrected chi connectivity index (χ1v) is 15.7. The zero-order chi connectivity index (χ0) is 34.4. The first kappa shape index (κ1) is 34.6. The Bertz CT molecular complexity index is 1830. The number of nitrogens with zero attached hydrogens (tertiary/aromatic N) is 1. The van der Waals surface area contributed by atoms with Crippen molar-refractivity contribution in [2.45, 2.75) is 49.7 Å². The molecule has 3 amide bonds. The number of carboxylic acid groups (broad SMARTS) is 1. The number of hydrogen-bond donors (Lipinski definition) is 5. The predicted molar refractivity (Wildman–Crippen MR) is 163 cm³/mol. The molecule has 248 valence electrons. The predicted octanol–water partition coefficient (Wildman–Crippen LogP) is 3.23. The van der Waals surface area contributed by atoms with Crippen LogP contribution in [0.2, 0.25) is 0 Å². The number of H-pyrrole nitrogens is 1. The van der Waals surface area contributed by atoms with E-state index in [2.05, 4.69) is 15.6 Å². The minimum absolute atomic E-state index is 0.120. The van der Waals surface area contributed by atoms with Crippen LogP contribution >= 0.6 is 0 Å². The summed E-state index contributed by atoms with van der Waals surface area (Å²) in [6, 6.07) is 22.5. The summed E-state index contributed by atoms with van der Waals surface area (Å²) in [5.41, 5.74) is 3.81. The fourth-order valence-electron chi connectivity index (χ4n) is 4.88. The summed E-state index contributed by atoms with van der Waals surface area (Å²) in [5, 5.41) is 12.0. The highest BCUT2D eigenvalue weighted by molar-refractivity contribution is 7.90. The molecule has 47 heavy (non-hydrogen) atoms. The lowest BCUT2D eigenvalue weighted by molar-refractivity contribution is -0.192. The standard InChI is InChI=1S/C29H29N5O5S.C2HF3O2/c1-18(35)30-25(16-19-7-3-2-4-8-19)29(37)33-24(28-31-22-9-5-6-10-23(22)32-28)15-20-11-13-21(14-12-20)26-17-27(36)34-40(26,38)39;3-2(4,5)1(6)7/h2-14,24-26H,15-17H2,1H3,(H,30,35)(H,31,32)(H,33,37)(H,34,36);(H,6,7)/t24-,25+,26?;/m1./s1. The topological polar surface area (TPSA) is 187 Å². The Morgan fingerprint density at radius 2 is 1.53 bits per heavy atom. The van der Waals surface area contributed by atoms with Crippen LogP contribution in [0, 0.1) is 0 Å². The van der Waals surface area contributed by atoms with Crippen molar-refractivity contribution in [2.75, 3.05) is 0 Å². The van der Waals surface area contributed by atoms with Gasteiger partial charge in [-0.05, 0) is 35.2 Å². The molecule has 0 aliphatic carbocycles. The maximum atomic E-state index is 13.5. The number of para-hydroxylation sites is 2. The van der Waals surface area contributed by atoms with Crippen molar-refractivity contribution >= 4 is 44.7 Å². The molecule has 0 radical (unpaired) electrons. The number of amides is 3. The average Bonchev–Trinajstić information content (AvgIpc) is 3.56. The Morgan fingerprint density at radius 1 is 0.936 bits per heavy atom. The molecule has 0 bridgehead atoms. The summed E-state index contributed by atoms with van der Waals surface area (Å²) < 4.78 is 58.3. The molecule has 1 aromatic heterocycles. The Labute approximate surface area is 266 Å². The monoisotopic (exact) mass is 673 g/mol. The maximum absolute atomic E-state index is 13.5. The number of carboxylic acids is 1. The number of sulfonamides is 1. The van der Waals surface area contributed by atoms with Gasteiger partial charge < -0.3 is 20.7 Å². The van der Waals surface area contributed by atoms with Crippen LogP contribution in [0.5, 0.6) is 0 Å². The van der Waals surface area contributed by atoms with E-state index in [1.54, 1.807) is 24.3 Å². The van der Waals surface area contributed by atoms with Gasteiger partial charge in [0.1, 0.15) is 17.1 Å². The normalized spacial score (nSPS) is 16.7. The van der Waals surface area contributed by atoms with Crippen LogP contribution in [-0.4, -0.2) is 59.4 Å². The van der Waals surface area contributed by atoms with E-state index < -0.39 is 45.4 Å². The number of carbonyl (C=O) groups is 4. The number of benzene rings is 3. The number of rotatable bonds is 9. The van der Waals surface area contributed by atoms with Gasteiger partial charge in [0.15, 0.2) is 0 Å². The van der Waals surface area contributed by atoms with E-state index in [0.29, 0.717) is 24.2 Å². The molecule has 1 saturated heterocycles. The number of halogens is 3. The van der Waals surface area contributed by atoms with Crippen LogP contribution in [0.3, 0.4) is 0 Å². The van der Waals surface area contributed by atoms with Crippen LogP contribution in [0.25, 0.3) is 11.0 Å². The van der Waals surface area contributed by atoms with Crippen molar-refractivity contribution in [3.8, 4) is 0 Å². The van der Waals surface area contributed by atoms with Crippen molar-refractivity contribution in [3.05, 3.63) is 101 Å². The van der Waals surface area contributed by atoms with Crippen LogP contribution in [0.15, 0.2) is 78.9 Å². The molecule has 16 heteroatoms. The van der Waals surface area contributed by atoms with Crippen molar-refractivity contribution in [2.24, 2.45) is 0 Å². The molecule has 3 atom stereocenters. The fourth-order valence-corrected chi connectivity index (χ4v) is 6.31. The van der Waals surface area contributed by atoms with Crippen molar-refractivity contribution < 1.29 is 45.9 Å². The second-order valence-electron chi connectivity index (χ2n) is 10.7. The molecule has 12 nitrogen and oxygen atoms in total. The second-order valence-corrected chi connectivity index (χ2v) is 12.5. The minimum atomic E-state index is -5.08. The quantitative estimate of drug-likeness (QED) is 0.179. The molecule has 1 aliphatic heterocycles. The van der Waals surface area contributed by atoms with Gasteiger partial charge in [0, 0.05) is 13.3 Å². The van der Waals surface area contributed by atoms with E-state index in [9.17, 15) is 36.0 Å². The highest BCUT2D eigenvalue weighted by atomic mass is 32.2.